The lowest BCUT2D eigenvalue weighted by molar-refractivity contribution is -0.115. The second-order valence-electron chi connectivity index (χ2n) is 1.85. The average Bonchev–Trinajstić information content (AvgIpc) is 1.62. The molecule has 0 bridgehead atoms. The van der Waals surface area contributed by atoms with E-state index in [1.54, 1.807) is 22.6 Å². The smallest absolute Gasteiger partial charge is 0.234 e. The van der Waals surface area contributed by atoms with E-state index in [0.29, 0.717) is 0 Å². The first-order chi connectivity index (χ1) is 4.19. The van der Waals surface area contributed by atoms with Gasteiger partial charge in [0.1, 0.15) is 0 Å². The van der Waals surface area contributed by atoms with Crippen molar-refractivity contribution >= 4 is 54.1 Å². The van der Waals surface area contributed by atoms with E-state index in [2.05, 4.69) is 15.9 Å². The molecule has 10 heavy (non-hydrogen) atoms. The molecule has 0 aliphatic carbocycles. The van der Waals surface area contributed by atoms with Crippen molar-refractivity contribution in [3.63, 3.8) is 0 Å². The van der Waals surface area contributed by atoms with Crippen LogP contribution in [0.2, 0.25) is 0 Å². The van der Waals surface area contributed by atoms with Gasteiger partial charge in [-0.2, -0.15) is 0 Å². The van der Waals surface area contributed by atoms with Crippen LogP contribution in [0.15, 0.2) is 0 Å². The Morgan fingerprint density at radius 2 is 1.90 bits per heavy atom. The average molecular weight is 341 g/mol. The van der Waals surface area contributed by atoms with Crippen LogP contribution < -0.4 is 0 Å². The van der Waals surface area contributed by atoms with Gasteiger partial charge in [0.15, 0.2) is 15.6 Å². The Kier molecular flexibility index (Phi) is 3.31. The summed E-state index contributed by atoms with van der Waals surface area (Å²) in [6.45, 7) is 1.22. The minimum Gasteiger partial charge on any atom is -0.296 e. The Morgan fingerprint density at radius 1 is 1.60 bits per heavy atom. The molecule has 0 spiro atoms. The number of carbonyl (C=O) groups excluding carboxylic acids is 1. The maximum Gasteiger partial charge on any atom is 0.234 e. The van der Waals surface area contributed by atoms with E-state index in [9.17, 15) is 13.2 Å². The quantitative estimate of drug-likeness (QED) is 0.559. The fraction of sp³-hybridized carbons (Fsp3) is 0.750. The monoisotopic (exact) mass is 340 g/mol. The molecule has 0 unspecified atom stereocenters. The Bertz CT molecular complexity index is 243. The maximum absolute atomic E-state index is 10.8. The molecule has 6 heteroatoms. The van der Waals surface area contributed by atoms with Crippen LogP contribution in [0.1, 0.15) is 6.92 Å². The molecule has 3 nitrogen and oxygen atoms in total. The van der Waals surface area contributed by atoms with Gasteiger partial charge < -0.3 is 0 Å². The van der Waals surface area contributed by atoms with Gasteiger partial charge in [-0.05, 0) is 45.4 Å². The van der Waals surface area contributed by atoms with Crippen LogP contribution in [-0.4, -0.2) is 22.1 Å². The highest BCUT2D eigenvalue weighted by Crippen LogP contribution is 2.33. The van der Waals surface area contributed by atoms with Crippen LogP contribution in [0.25, 0.3) is 0 Å². The van der Waals surface area contributed by atoms with Gasteiger partial charge in [0, 0.05) is 6.26 Å². The Balaban J connectivity index is 4.95. The molecule has 0 heterocycles. The van der Waals surface area contributed by atoms with Crippen molar-refractivity contribution in [1.29, 1.82) is 0 Å². The molecule has 60 valence electrons. The largest absolute Gasteiger partial charge is 0.296 e. The van der Waals surface area contributed by atoms with Crippen LogP contribution in [0, 0.1) is 0 Å². The predicted molar refractivity (Wildman–Crippen MR) is 51.2 cm³/mol. The lowest BCUT2D eigenvalue weighted by atomic mass is 10.5. The lowest BCUT2D eigenvalue weighted by Gasteiger charge is -2.13. The summed E-state index contributed by atoms with van der Waals surface area (Å²) >= 11 is 4.37. The molecule has 0 saturated carbocycles. The Morgan fingerprint density at radius 3 is 1.90 bits per heavy atom. The zero-order valence-corrected chi connectivity index (χ0v) is 9.95. The number of rotatable bonds is 2. The summed E-state index contributed by atoms with van der Waals surface area (Å²) in [7, 11) is -3.35. The van der Waals surface area contributed by atoms with Crippen LogP contribution in [0.4, 0.5) is 0 Å². The van der Waals surface area contributed by atoms with Gasteiger partial charge in [-0.15, -0.1) is 0 Å². The molecule has 0 aliphatic rings. The number of sulfone groups is 1. The normalized spacial score (nSPS) is 18.0. The van der Waals surface area contributed by atoms with Gasteiger partial charge in [0.25, 0.3) is 0 Å². The van der Waals surface area contributed by atoms with Crippen molar-refractivity contribution in [3.8, 4) is 0 Å². The molecule has 0 aliphatic heterocycles. The SMILES string of the molecule is CC(=O)[C@@](Br)(I)S(C)(=O)=O. The van der Waals surface area contributed by atoms with Gasteiger partial charge in [0.05, 0.1) is 0 Å². The number of ketones is 1. The topological polar surface area (TPSA) is 51.2 Å². The van der Waals surface area contributed by atoms with E-state index in [1.165, 1.54) is 6.92 Å². The molecule has 0 amide bonds. The second-order valence-corrected chi connectivity index (χ2v) is 9.55. The summed E-state index contributed by atoms with van der Waals surface area (Å²) in [5.74, 6) is -0.421. The molecule has 0 aromatic carbocycles. The number of hydrogen-bond acceptors (Lipinski definition) is 3. The third-order valence-corrected chi connectivity index (χ3v) is 7.58. The van der Waals surface area contributed by atoms with E-state index in [0.717, 1.165) is 6.26 Å². The van der Waals surface area contributed by atoms with Crippen molar-refractivity contribution in [3.05, 3.63) is 0 Å². The van der Waals surface area contributed by atoms with Gasteiger partial charge in [-0.25, -0.2) is 8.42 Å². The van der Waals surface area contributed by atoms with E-state index in [1.807, 2.05) is 0 Å². The fourth-order valence-corrected chi connectivity index (χ4v) is 0.783. The minimum atomic E-state index is -3.35. The van der Waals surface area contributed by atoms with Gasteiger partial charge in [0.2, 0.25) is 1.66 Å². The molecule has 1 atom stereocenters. The summed E-state index contributed by atoms with van der Waals surface area (Å²) in [6.07, 6.45) is 1.01. The third-order valence-electron chi connectivity index (χ3n) is 0.876. The fourth-order valence-electron chi connectivity index (χ4n) is 0.261. The van der Waals surface area contributed by atoms with Gasteiger partial charge >= 0.3 is 0 Å². The molecule has 0 aromatic rings. The molecular weight excluding hydrogens is 335 g/mol. The summed E-state index contributed by atoms with van der Waals surface area (Å²) < 4.78 is 20.2. The molecule has 0 radical (unpaired) electrons. The minimum absolute atomic E-state index is 0.421. The number of halogens is 2. The van der Waals surface area contributed by atoms with Gasteiger partial charge in [-0.3, -0.25) is 4.79 Å². The zero-order valence-electron chi connectivity index (χ0n) is 5.39. The molecule has 0 fully saturated rings. The molecule has 0 rings (SSSR count). The number of hydrogen-bond donors (Lipinski definition) is 0. The number of Topliss-reactive ketones (excluding diaryl/α,β-unsaturated/α-hetero) is 1. The molecule has 0 N–H and O–H groups in total. The van der Waals surface area contributed by atoms with Crippen LogP contribution in [0.3, 0.4) is 0 Å². The van der Waals surface area contributed by atoms with Crippen LogP contribution in [0.5, 0.6) is 0 Å². The first-order valence-corrected chi connectivity index (χ1v) is 6.04. The number of carbonyl (C=O) groups is 1. The van der Waals surface area contributed by atoms with Crippen molar-refractivity contribution < 1.29 is 13.2 Å². The number of alkyl halides is 2. The van der Waals surface area contributed by atoms with Crippen molar-refractivity contribution in [1.82, 2.24) is 0 Å². The first-order valence-electron chi connectivity index (χ1n) is 2.28. The van der Waals surface area contributed by atoms with E-state index < -0.39 is 17.3 Å². The molecule has 0 saturated heterocycles. The highest BCUT2D eigenvalue weighted by molar-refractivity contribution is 14.1. The van der Waals surface area contributed by atoms with Gasteiger partial charge in [-0.1, -0.05) is 0 Å². The highest BCUT2D eigenvalue weighted by atomic mass is 127. The van der Waals surface area contributed by atoms with Crippen molar-refractivity contribution in [2.45, 2.75) is 8.59 Å². The second kappa shape index (κ2) is 3.06. The summed E-state index contributed by atoms with van der Waals surface area (Å²) in [5.41, 5.74) is 0. The predicted octanol–water partition coefficient (Wildman–Crippen LogP) is 1.10. The molecular formula is C4H6BrIO3S. The molecule has 0 aromatic heterocycles. The van der Waals surface area contributed by atoms with Crippen molar-refractivity contribution in [2.75, 3.05) is 6.26 Å². The maximum atomic E-state index is 10.8. The standard InChI is InChI=1S/C4H6BrIO3S/c1-3(7)4(5,6)10(2,8)9/h1-2H3/t4-/m1/s1. The van der Waals surface area contributed by atoms with Crippen LogP contribution >= 0.6 is 38.5 Å². The summed E-state index contributed by atoms with van der Waals surface area (Å²) in [4.78, 5) is 10.7. The third kappa shape index (κ3) is 2.16. The van der Waals surface area contributed by atoms with E-state index >= 15 is 0 Å². The van der Waals surface area contributed by atoms with Crippen molar-refractivity contribution in [2.24, 2.45) is 0 Å². The summed E-state index contributed by atoms with van der Waals surface area (Å²) in [6, 6.07) is 0. The first kappa shape index (κ1) is 10.8. The van der Waals surface area contributed by atoms with E-state index in [4.69, 9.17) is 0 Å². The summed E-state index contributed by atoms with van der Waals surface area (Å²) in [5, 5.41) is 0. The van der Waals surface area contributed by atoms with Crippen LogP contribution in [-0.2, 0) is 14.6 Å². The highest BCUT2D eigenvalue weighted by Gasteiger charge is 2.39. The lowest BCUT2D eigenvalue weighted by Crippen LogP contribution is -2.31. The zero-order chi connectivity index (χ0) is 8.58. The Labute approximate surface area is 81.8 Å². The van der Waals surface area contributed by atoms with E-state index in [-0.39, 0.29) is 0 Å². The Hall–Kier alpha value is 0.830.